The average molecular weight is 531 g/mol. The van der Waals surface area contributed by atoms with Crippen LogP contribution in [-0.2, 0) is 14.3 Å². The molecule has 3 N–H and O–H groups in total. The lowest BCUT2D eigenvalue weighted by Gasteiger charge is -2.46. The van der Waals surface area contributed by atoms with Crippen LogP contribution in [-0.4, -0.2) is 56.8 Å². The Labute approximate surface area is 224 Å². The number of thiazole rings is 1. The van der Waals surface area contributed by atoms with Gasteiger partial charge < -0.3 is 20.3 Å². The first-order valence-electron chi connectivity index (χ1n) is 13.7. The number of ketones is 1. The van der Waals surface area contributed by atoms with Crippen LogP contribution in [0.4, 0.5) is 0 Å². The summed E-state index contributed by atoms with van der Waals surface area (Å²) in [5.41, 5.74) is -0.394. The molecule has 2 aliphatic heterocycles. The number of allylic oxidation sites excluding steroid dienone is 1. The van der Waals surface area contributed by atoms with Gasteiger partial charge in [0.25, 0.3) is 0 Å². The Bertz CT molecular complexity index is 1020. The maximum atomic E-state index is 13.8. The van der Waals surface area contributed by atoms with E-state index in [4.69, 9.17) is 4.74 Å². The maximum absolute atomic E-state index is 13.8. The Hall–Kier alpha value is -1.87. The molecule has 1 aliphatic carbocycles. The molecule has 204 valence electrons. The highest BCUT2D eigenvalue weighted by molar-refractivity contribution is 7.09. The molecule has 7 nitrogen and oxygen atoms in total. The monoisotopic (exact) mass is 530 g/mol. The van der Waals surface area contributed by atoms with Gasteiger partial charge in [0.05, 0.1) is 52.5 Å². The second kappa shape index (κ2) is 11.5. The van der Waals surface area contributed by atoms with E-state index in [0.29, 0.717) is 25.7 Å². The normalized spacial score (nSPS) is 37.1. The number of aryl methyl sites for hydroxylation is 1. The lowest BCUT2D eigenvalue weighted by molar-refractivity contribution is -0.155. The molecule has 8 heteroatoms. The minimum atomic E-state index is -1.09. The molecule has 7 atom stereocenters. The first-order chi connectivity index (χ1) is 17.6. The smallest absolute Gasteiger partial charge is 0.223 e. The van der Waals surface area contributed by atoms with Crippen molar-refractivity contribution >= 4 is 29.1 Å². The van der Waals surface area contributed by atoms with Crippen LogP contribution in [0.5, 0.6) is 0 Å². The Morgan fingerprint density at radius 1 is 1.27 bits per heavy atom. The molecular formula is C29H42N2O5S. The Balaban J connectivity index is 1.57. The molecule has 4 rings (SSSR count). The summed E-state index contributed by atoms with van der Waals surface area (Å²) in [4.78, 5) is 31.4. The van der Waals surface area contributed by atoms with Crippen molar-refractivity contribution in [2.24, 2.45) is 17.3 Å². The summed E-state index contributed by atoms with van der Waals surface area (Å²) in [6.45, 7) is 9.85. The number of aromatic nitrogens is 1. The SMILES string of the molecule is C=CCC1C(=O)C2(CCC2)C(O)CC(=O)N[C@H](C=Cc2csc(C)n2)CC2OC2(C)CCC[C@H](C)[C@H]1O. The van der Waals surface area contributed by atoms with E-state index >= 15 is 0 Å². The van der Waals surface area contributed by atoms with Crippen molar-refractivity contribution in [1.82, 2.24) is 10.3 Å². The lowest BCUT2D eigenvalue weighted by Crippen LogP contribution is -2.54. The van der Waals surface area contributed by atoms with Gasteiger partial charge >= 0.3 is 0 Å². The molecule has 3 aliphatic rings. The standard InChI is InChI=1S/C29H42N2O5S/c1-5-8-22-26(34)18(2)9-6-12-28(4)24(36-28)15-20(10-11-21-17-37-19(3)30-21)31-25(33)16-23(32)29(27(22)35)13-7-14-29/h5,10-11,17-18,20,22-24,26,32,34H,1,6-9,12-16H2,2-4H3,(H,31,33)/t18-,20+,22?,23?,24?,26+,28?/m0/s1. The zero-order valence-electron chi connectivity index (χ0n) is 22.3. The average Bonchev–Trinajstić information content (AvgIpc) is 3.23. The van der Waals surface area contributed by atoms with Crippen molar-refractivity contribution < 1.29 is 24.5 Å². The molecule has 0 radical (unpaired) electrons. The molecule has 3 fully saturated rings. The van der Waals surface area contributed by atoms with E-state index < -0.39 is 23.5 Å². The second-order valence-electron chi connectivity index (χ2n) is 11.6. The fourth-order valence-electron chi connectivity index (χ4n) is 6.13. The summed E-state index contributed by atoms with van der Waals surface area (Å²) >= 11 is 1.58. The summed E-state index contributed by atoms with van der Waals surface area (Å²) in [7, 11) is 0. The molecule has 37 heavy (non-hydrogen) atoms. The highest BCUT2D eigenvalue weighted by Gasteiger charge is 2.54. The Morgan fingerprint density at radius 3 is 2.65 bits per heavy atom. The fourth-order valence-corrected chi connectivity index (χ4v) is 6.71. The number of carbonyl (C=O) groups excluding carboxylic acids is 2. The van der Waals surface area contributed by atoms with Crippen molar-refractivity contribution in [3.63, 3.8) is 0 Å². The van der Waals surface area contributed by atoms with Crippen LogP contribution < -0.4 is 5.32 Å². The molecule has 1 spiro atoms. The van der Waals surface area contributed by atoms with E-state index in [1.54, 1.807) is 17.4 Å². The van der Waals surface area contributed by atoms with Crippen molar-refractivity contribution in [2.75, 3.05) is 0 Å². The van der Waals surface area contributed by atoms with E-state index in [2.05, 4.69) is 23.8 Å². The number of hydrogen-bond acceptors (Lipinski definition) is 7. The van der Waals surface area contributed by atoms with Gasteiger partial charge in [-0.05, 0) is 57.9 Å². The number of carbonyl (C=O) groups is 2. The van der Waals surface area contributed by atoms with Crippen molar-refractivity contribution in [3.8, 4) is 0 Å². The maximum Gasteiger partial charge on any atom is 0.223 e. The third-order valence-corrected chi connectivity index (χ3v) is 9.62. The number of rotatable bonds is 4. The first kappa shape index (κ1) is 28.1. The number of aliphatic hydroxyl groups excluding tert-OH is 2. The minimum absolute atomic E-state index is 0.0192. The van der Waals surface area contributed by atoms with Gasteiger partial charge in [-0.1, -0.05) is 31.9 Å². The van der Waals surface area contributed by atoms with Crippen LogP contribution in [0, 0.1) is 24.2 Å². The van der Waals surface area contributed by atoms with Crippen molar-refractivity contribution in [2.45, 2.75) is 109 Å². The topological polar surface area (TPSA) is 112 Å². The number of hydrogen-bond donors (Lipinski definition) is 3. The van der Waals surface area contributed by atoms with Crippen molar-refractivity contribution in [3.05, 3.63) is 34.8 Å². The molecule has 3 heterocycles. The third kappa shape index (κ3) is 6.24. The van der Waals surface area contributed by atoms with Gasteiger partial charge in [0.15, 0.2) is 0 Å². The van der Waals surface area contributed by atoms with Crippen LogP contribution in [0.1, 0.15) is 82.3 Å². The molecule has 0 aromatic carbocycles. The number of fused-ring (bicyclic) bond motifs is 1. The van der Waals surface area contributed by atoms with Gasteiger partial charge in [0.2, 0.25) is 5.91 Å². The molecule has 1 amide bonds. The predicted molar refractivity (Wildman–Crippen MR) is 145 cm³/mol. The summed E-state index contributed by atoms with van der Waals surface area (Å²) < 4.78 is 6.09. The van der Waals surface area contributed by atoms with Crippen LogP contribution in [0.15, 0.2) is 24.1 Å². The predicted octanol–water partition coefficient (Wildman–Crippen LogP) is 4.36. The molecule has 4 unspecified atom stereocenters. The van der Waals surface area contributed by atoms with E-state index in [1.165, 1.54) is 0 Å². The highest BCUT2D eigenvalue weighted by Crippen LogP contribution is 2.49. The minimum Gasteiger partial charge on any atom is -0.392 e. The third-order valence-electron chi connectivity index (χ3n) is 8.82. The van der Waals surface area contributed by atoms with Crippen LogP contribution >= 0.6 is 11.3 Å². The van der Waals surface area contributed by atoms with E-state index in [9.17, 15) is 19.8 Å². The zero-order chi connectivity index (χ0) is 26.8. The number of amides is 1. The molecular weight excluding hydrogens is 488 g/mol. The van der Waals surface area contributed by atoms with E-state index in [-0.39, 0.29) is 41.8 Å². The van der Waals surface area contributed by atoms with Gasteiger partial charge in [-0.25, -0.2) is 4.98 Å². The summed E-state index contributed by atoms with van der Waals surface area (Å²) in [6, 6.07) is -0.274. The van der Waals surface area contributed by atoms with E-state index in [1.807, 2.05) is 31.4 Å². The quantitative estimate of drug-likeness (QED) is 0.394. The molecule has 0 bridgehead atoms. The Kier molecular flexibility index (Phi) is 8.73. The number of Topliss-reactive ketones (excluding diaryl/α,β-unsaturated/α-hetero) is 1. The van der Waals surface area contributed by atoms with Gasteiger partial charge in [-0.15, -0.1) is 17.9 Å². The summed E-state index contributed by atoms with van der Waals surface area (Å²) in [6.07, 6.45) is 8.90. The Morgan fingerprint density at radius 2 is 2.03 bits per heavy atom. The van der Waals surface area contributed by atoms with Crippen LogP contribution in [0.3, 0.4) is 0 Å². The number of aliphatic hydroxyl groups is 2. The summed E-state index contributed by atoms with van der Waals surface area (Å²) in [5.74, 6) is -1.12. The van der Waals surface area contributed by atoms with Crippen LogP contribution in [0.25, 0.3) is 6.08 Å². The molecule has 1 saturated carbocycles. The first-order valence-corrected chi connectivity index (χ1v) is 14.5. The highest BCUT2D eigenvalue weighted by atomic mass is 32.1. The number of nitrogens with zero attached hydrogens (tertiary/aromatic N) is 1. The fraction of sp³-hybridized carbons (Fsp3) is 0.690. The van der Waals surface area contributed by atoms with Gasteiger partial charge in [0, 0.05) is 17.7 Å². The van der Waals surface area contributed by atoms with Gasteiger partial charge in [-0.3, -0.25) is 9.59 Å². The molecule has 1 aromatic heterocycles. The van der Waals surface area contributed by atoms with Crippen LogP contribution in [0.2, 0.25) is 0 Å². The number of nitrogens with one attached hydrogen (secondary N) is 1. The zero-order valence-corrected chi connectivity index (χ0v) is 23.1. The van der Waals surface area contributed by atoms with Gasteiger partial charge in [-0.2, -0.15) is 0 Å². The van der Waals surface area contributed by atoms with Gasteiger partial charge in [0.1, 0.15) is 5.78 Å². The number of epoxide rings is 1. The second-order valence-corrected chi connectivity index (χ2v) is 12.6. The summed E-state index contributed by atoms with van der Waals surface area (Å²) in [5, 5.41) is 28.4. The molecule has 1 aromatic rings. The van der Waals surface area contributed by atoms with Crippen molar-refractivity contribution in [1.29, 1.82) is 0 Å². The largest absolute Gasteiger partial charge is 0.392 e. The number of ether oxygens (including phenoxy) is 1. The molecule has 2 saturated heterocycles. The van der Waals surface area contributed by atoms with E-state index in [0.717, 1.165) is 36.4 Å². The lowest BCUT2D eigenvalue weighted by atomic mass is 9.58.